The highest BCUT2D eigenvalue weighted by molar-refractivity contribution is 7.81. The number of hydrogen-bond acceptors (Lipinski definition) is 5. The molecule has 0 radical (unpaired) electrons. The Kier molecular flexibility index (Phi) is 3.96. The number of nitrogens with one attached hydrogen (secondary N) is 1. The van der Waals surface area contributed by atoms with E-state index in [0.29, 0.717) is 5.69 Å². The van der Waals surface area contributed by atoms with E-state index in [4.69, 9.17) is 17.5 Å². The lowest BCUT2D eigenvalue weighted by atomic mass is 10.2. The summed E-state index contributed by atoms with van der Waals surface area (Å²) in [4.78, 5) is 10.2. The highest BCUT2D eigenvalue weighted by Gasteiger charge is 2.29. The van der Waals surface area contributed by atoms with Gasteiger partial charge in [0.2, 0.25) is 0 Å². The Morgan fingerprint density at radius 1 is 1.45 bits per heavy atom. The van der Waals surface area contributed by atoms with Crippen LogP contribution in [0.1, 0.15) is 12.8 Å². The fourth-order valence-electron chi connectivity index (χ4n) is 1.65. The Hall–Kier alpha value is -2.46. The van der Waals surface area contributed by atoms with Crippen molar-refractivity contribution in [1.29, 1.82) is 5.26 Å². The summed E-state index contributed by atoms with van der Waals surface area (Å²) >= 11 is 5.08. The summed E-state index contributed by atoms with van der Waals surface area (Å²) in [5.41, 5.74) is 0.552. The van der Waals surface area contributed by atoms with Gasteiger partial charge < -0.3 is 10.4 Å². The molecule has 1 aliphatic rings. The van der Waals surface area contributed by atoms with Crippen LogP contribution in [-0.2, 0) is 0 Å². The standard InChI is InChI=1S/C13H11N3O3S/c14-7-11(12(17)8-1-2-8)13(20)15-9-3-5-10(6-4-9)16(18)19/h3-6,8,17H,1-2H2,(H,15,20). The van der Waals surface area contributed by atoms with E-state index >= 15 is 0 Å². The number of nitriles is 1. The van der Waals surface area contributed by atoms with E-state index in [-0.39, 0.29) is 27.9 Å². The van der Waals surface area contributed by atoms with Gasteiger partial charge in [0.1, 0.15) is 22.4 Å². The van der Waals surface area contributed by atoms with Crippen LogP contribution in [0, 0.1) is 27.4 Å². The second kappa shape index (κ2) is 5.67. The molecule has 0 aromatic heterocycles. The van der Waals surface area contributed by atoms with Gasteiger partial charge >= 0.3 is 0 Å². The number of nitro groups is 1. The van der Waals surface area contributed by atoms with Crippen LogP contribution in [0.15, 0.2) is 35.6 Å². The zero-order valence-corrected chi connectivity index (χ0v) is 11.2. The highest BCUT2D eigenvalue weighted by atomic mass is 32.1. The normalized spacial score (nSPS) is 14.9. The van der Waals surface area contributed by atoms with E-state index in [0.717, 1.165) is 12.8 Å². The molecule has 2 rings (SSSR count). The molecule has 2 N–H and O–H groups in total. The molecule has 102 valence electrons. The molecule has 0 atom stereocenters. The Bertz CT molecular complexity index is 627. The number of benzene rings is 1. The molecule has 1 aromatic rings. The minimum absolute atomic E-state index is 0.0203. The Labute approximate surface area is 120 Å². The van der Waals surface area contributed by atoms with Crippen molar-refractivity contribution in [3.05, 3.63) is 45.7 Å². The lowest BCUT2D eigenvalue weighted by Gasteiger charge is -2.08. The summed E-state index contributed by atoms with van der Waals surface area (Å²) in [5, 5.41) is 32.2. The fourth-order valence-corrected chi connectivity index (χ4v) is 1.91. The SMILES string of the molecule is N#CC(C(=S)Nc1ccc([N+](=O)[O-])cc1)=C(O)C1CC1. The summed E-state index contributed by atoms with van der Waals surface area (Å²) in [6.45, 7) is 0. The van der Waals surface area contributed by atoms with Crippen molar-refractivity contribution < 1.29 is 10.0 Å². The van der Waals surface area contributed by atoms with Gasteiger partial charge in [-0.15, -0.1) is 0 Å². The first-order valence-electron chi connectivity index (χ1n) is 5.92. The fraction of sp³-hybridized carbons (Fsp3) is 0.231. The van der Waals surface area contributed by atoms with Gasteiger partial charge in [0, 0.05) is 23.7 Å². The molecule has 0 spiro atoms. The molecular formula is C13H11N3O3S. The molecule has 20 heavy (non-hydrogen) atoms. The second-order valence-corrected chi connectivity index (χ2v) is 4.81. The molecule has 7 heteroatoms. The van der Waals surface area contributed by atoms with Crippen molar-refractivity contribution in [2.24, 2.45) is 5.92 Å². The van der Waals surface area contributed by atoms with Crippen molar-refractivity contribution in [2.45, 2.75) is 12.8 Å². The molecule has 0 unspecified atom stereocenters. The molecule has 0 amide bonds. The lowest BCUT2D eigenvalue weighted by Crippen LogP contribution is -2.13. The van der Waals surface area contributed by atoms with E-state index in [9.17, 15) is 15.2 Å². The number of nitrogens with zero attached hydrogens (tertiary/aromatic N) is 2. The minimum atomic E-state index is -0.498. The summed E-state index contributed by atoms with van der Waals surface area (Å²) in [6.07, 6.45) is 1.72. The molecule has 0 heterocycles. The first kappa shape index (κ1) is 14.0. The van der Waals surface area contributed by atoms with Crippen molar-refractivity contribution in [3.63, 3.8) is 0 Å². The average Bonchev–Trinajstić information content (AvgIpc) is 3.24. The largest absolute Gasteiger partial charge is 0.511 e. The van der Waals surface area contributed by atoms with Crippen LogP contribution in [0.3, 0.4) is 0 Å². The molecule has 0 saturated heterocycles. The maximum atomic E-state index is 10.5. The van der Waals surface area contributed by atoms with Crippen molar-refractivity contribution in [1.82, 2.24) is 0 Å². The predicted octanol–water partition coefficient (Wildman–Crippen LogP) is 3.08. The number of nitro benzene ring substituents is 1. The van der Waals surface area contributed by atoms with Crippen LogP contribution >= 0.6 is 12.2 Å². The number of rotatable bonds is 4. The summed E-state index contributed by atoms with van der Waals surface area (Å²) in [6, 6.07) is 7.55. The molecule has 0 bridgehead atoms. The van der Waals surface area contributed by atoms with Crippen LogP contribution < -0.4 is 5.32 Å². The highest BCUT2D eigenvalue weighted by Crippen LogP contribution is 2.36. The number of non-ortho nitro benzene ring substituents is 1. The van der Waals surface area contributed by atoms with Gasteiger partial charge in [-0.2, -0.15) is 5.26 Å². The van der Waals surface area contributed by atoms with E-state index in [1.165, 1.54) is 24.3 Å². The van der Waals surface area contributed by atoms with E-state index in [2.05, 4.69) is 5.32 Å². The average molecular weight is 289 g/mol. The van der Waals surface area contributed by atoms with Crippen LogP contribution in [-0.4, -0.2) is 15.0 Å². The predicted molar refractivity (Wildman–Crippen MR) is 77.3 cm³/mol. The second-order valence-electron chi connectivity index (χ2n) is 4.40. The van der Waals surface area contributed by atoms with Gasteiger partial charge in [0.05, 0.1) is 4.92 Å². The van der Waals surface area contributed by atoms with E-state index < -0.39 is 4.92 Å². The maximum Gasteiger partial charge on any atom is 0.269 e. The van der Waals surface area contributed by atoms with Crippen LogP contribution in [0.5, 0.6) is 0 Å². The summed E-state index contributed by atoms with van der Waals surface area (Å²) in [7, 11) is 0. The quantitative estimate of drug-likeness (QED) is 0.221. The molecule has 0 aliphatic heterocycles. The summed E-state index contributed by atoms with van der Waals surface area (Å²) < 4.78 is 0. The number of thiocarbonyl (C=S) groups is 1. The molecular weight excluding hydrogens is 278 g/mol. The van der Waals surface area contributed by atoms with E-state index in [1.54, 1.807) is 0 Å². The minimum Gasteiger partial charge on any atom is -0.511 e. The van der Waals surface area contributed by atoms with Crippen molar-refractivity contribution >= 4 is 28.6 Å². The smallest absolute Gasteiger partial charge is 0.269 e. The number of aliphatic hydroxyl groups excluding tert-OH is 1. The van der Waals surface area contributed by atoms with Gasteiger partial charge in [-0.1, -0.05) is 12.2 Å². The molecule has 1 saturated carbocycles. The third-order valence-electron chi connectivity index (χ3n) is 2.90. The van der Waals surface area contributed by atoms with Gasteiger partial charge in [0.15, 0.2) is 0 Å². The number of anilines is 1. The summed E-state index contributed by atoms with van der Waals surface area (Å²) in [5.74, 6) is 0.0492. The zero-order chi connectivity index (χ0) is 14.7. The monoisotopic (exact) mass is 289 g/mol. The molecule has 6 nitrogen and oxygen atoms in total. The van der Waals surface area contributed by atoms with Gasteiger partial charge in [-0.25, -0.2) is 0 Å². The number of hydrogen-bond donors (Lipinski definition) is 2. The number of allylic oxidation sites excluding steroid dienone is 1. The lowest BCUT2D eigenvalue weighted by molar-refractivity contribution is -0.384. The first-order chi connectivity index (χ1) is 9.52. The Balaban J connectivity index is 2.13. The van der Waals surface area contributed by atoms with Crippen LogP contribution in [0.4, 0.5) is 11.4 Å². The third kappa shape index (κ3) is 3.10. The molecule has 1 fully saturated rings. The number of aliphatic hydroxyl groups is 1. The third-order valence-corrected chi connectivity index (χ3v) is 3.20. The van der Waals surface area contributed by atoms with E-state index in [1.807, 2.05) is 6.07 Å². The maximum absolute atomic E-state index is 10.5. The molecule has 1 aromatic carbocycles. The van der Waals surface area contributed by atoms with Crippen molar-refractivity contribution in [2.75, 3.05) is 5.32 Å². The zero-order valence-electron chi connectivity index (χ0n) is 10.4. The van der Waals surface area contributed by atoms with Gasteiger partial charge in [0.25, 0.3) is 5.69 Å². The van der Waals surface area contributed by atoms with Gasteiger partial charge in [-0.3, -0.25) is 10.1 Å². The van der Waals surface area contributed by atoms with Gasteiger partial charge in [-0.05, 0) is 25.0 Å². The van der Waals surface area contributed by atoms with Crippen LogP contribution in [0.2, 0.25) is 0 Å². The van der Waals surface area contributed by atoms with Crippen molar-refractivity contribution in [3.8, 4) is 6.07 Å². The Morgan fingerprint density at radius 2 is 2.05 bits per heavy atom. The van der Waals surface area contributed by atoms with Crippen LogP contribution in [0.25, 0.3) is 0 Å². The molecule has 1 aliphatic carbocycles. The Morgan fingerprint density at radius 3 is 2.50 bits per heavy atom. The topological polar surface area (TPSA) is 99.2 Å². The first-order valence-corrected chi connectivity index (χ1v) is 6.32.